The third kappa shape index (κ3) is 0.911. The second-order valence-electron chi connectivity index (χ2n) is 3.98. The summed E-state index contributed by atoms with van der Waals surface area (Å²) in [5.74, 6) is 0.157. The molecule has 0 saturated heterocycles. The second-order valence-corrected chi connectivity index (χ2v) is 3.98. The van der Waals surface area contributed by atoms with Gasteiger partial charge in [0.1, 0.15) is 0 Å². The lowest BCUT2D eigenvalue weighted by molar-refractivity contribution is 0.104. The molecule has 0 atom stereocenters. The van der Waals surface area contributed by atoms with Gasteiger partial charge in [0.2, 0.25) is 0 Å². The molecule has 1 aromatic heterocycles. The van der Waals surface area contributed by atoms with Crippen LogP contribution in [0.4, 0.5) is 0 Å². The molecule has 1 heterocycles. The van der Waals surface area contributed by atoms with E-state index in [-0.39, 0.29) is 5.78 Å². The zero-order chi connectivity index (χ0) is 10.6. The average molecular weight is 197 g/mol. The molecule has 3 rings (SSSR count). The Labute approximate surface area is 88.2 Å². The molecule has 0 spiro atoms. The number of aromatic nitrogens is 1. The highest BCUT2D eigenvalue weighted by molar-refractivity contribution is 6.21. The summed E-state index contributed by atoms with van der Waals surface area (Å²) in [5, 5.41) is 0. The molecule has 1 aliphatic rings. The van der Waals surface area contributed by atoms with Gasteiger partial charge >= 0.3 is 0 Å². The molecule has 0 fully saturated rings. The Hall–Kier alpha value is -1.83. The topological polar surface area (TPSA) is 22.0 Å². The van der Waals surface area contributed by atoms with Crippen LogP contribution in [0, 0.1) is 6.92 Å². The molecule has 2 heteroatoms. The zero-order valence-corrected chi connectivity index (χ0v) is 8.74. The number of hydrogen-bond donors (Lipinski definition) is 0. The first-order chi connectivity index (χ1) is 7.20. The van der Waals surface area contributed by atoms with Crippen LogP contribution >= 0.6 is 0 Å². The molecule has 0 aliphatic heterocycles. The van der Waals surface area contributed by atoms with Gasteiger partial charge in [-0.3, -0.25) is 4.79 Å². The molecule has 0 bridgehead atoms. The molecular weight excluding hydrogens is 186 g/mol. The second kappa shape index (κ2) is 2.60. The molecule has 15 heavy (non-hydrogen) atoms. The molecule has 0 N–H and O–H groups in total. The van der Waals surface area contributed by atoms with Gasteiger partial charge in [0, 0.05) is 29.4 Å². The molecule has 2 nitrogen and oxygen atoms in total. The van der Waals surface area contributed by atoms with Crippen LogP contribution in [0.15, 0.2) is 30.3 Å². The van der Waals surface area contributed by atoms with Crippen LogP contribution in [0.25, 0.3) is 11.3 Å². The van der Waals surface area contributed by atoms with Crippen molar-refractivity contribution in [3.63, 3.8) is 0 Å². The Kier molecular flexibility index (Phi) is 1.47. The van der Waals surface area contributed by atoms with Gasteiger partial charge in [0.05, 0.1) is 5.69 Å². The van der Waals surface area contributed by atoms with E-state index in [0.29, 0.717) is 0 Å². The Balaban J connectivity index is 2.43. The number of ketones is 1. The zero-order valence-electron chi connectivity index (χ0n) is 8.74. The number of carbonyl (C=O) groups is 1. The lowest BCUT2D eigenvalue weighted by Gasteiger charge is -2.03. The van der Waals surface area contributed by atoms with Crippen LogP contribution in [0.1, 0.15) is 21.6 Å². The number of hydrogen-bond acceptors (Lipinski definition) is 1. The van der Waals surface area contributed by atoms with Crippen LogP contribution in [0.3, 0.4) is 0 Å². The van der Waals surface area contributed by atoms with Crippen molar-refractivity contribution in [1.82, 2.24) is 4.57 Å². The summed E-state index contributed by atoms with van der Waals surface area (Å²) in [6, 6.07) is 9.77. The summed E-state index contributed by atoms with van der Waals surface area (Å²) >= 11 is 0. The van der Waals surface area contributed by atoms with Crippen molar-refractivity contribution in [1.29, 1.82) is 0 Å². The van der Waals surface area contributed by atoms with Crippen molar-refractivity contribution in [2.45, 2.75) is 6.92 Å². The summed E-state index contributed by atoms with van der Waals surface area (Å²) < 4.78 is 2.08. The molecule has 0 amide bonds. The summed E-state index contributed by atoms with van der Waals surface area (Å²) in [5.41, 5.74) is 4.93. The van der Waals surface area contributed by atoms with Crippen molar-refractivity contribution >= 4 is 5.78 Å². The van der Waals surface area contributed by atoms with E-state index in [2.05, 4.69) is 4.57 Å². The van der Waals surface area contributed by atoms with Gasteiger partial charge in [-0.1, -0.05) is 24.3 Å². The first kappa shape index (κ1) is 8.48. The summed E-state index contributed by atoms with van der Waals surface area (Å²) in [4.78, 5) is 12.0. The summed E-state index contributed by atoms with van der Waals surface area (Å²) in [7, 11) is 2.00. The predicted octanol–water partition coefficient (Wildman–Crippen LogP) is 2.54. The van der Waals surface area contributed by atoms with E-state index < -0.39 is 0 Å². The normalized spacial score (nSPS) is 12.8. The van der Waals surface area contributed by atoms with Crippen molar-refractivity contribution < 1.29 is 4.79 Å². The van der Waals surface area contributed by atoms with E-state index in [1.54, 1.807) is 0 Å². The van der Waals surface area contributed by atoms with Crippen LogP contribution in [0.5, 0.6) is 0 Å². The Morgan fingerprint density at radius 1 is 1.07 bits per heavy atom. The molecule has 0 saturated carbocycles. The van der Waals surface area contributed by atoms with Crippen molar-refractivity contribution in [3.05, 3.63) is 47.2 Å². The maximum absolute atomic E-state index is 12.0. The van der Waals surface area contributed by atoms with Crippen molar-refractivity contribution in [3.8, 4) is 11.3 Å². The predicted molar refractivity (Wildman–Crippen MR) is 59.0 cm³/mol. The highest BCUT2D eigenvalue weighted by atomic mass is 16.1. The fraction of sp³-hybridized carbons (Fsp3) is 0.154. The minimum absolute atomic E-state index is 0.157. The molecular formula is C13H11NO. The highest BCUT2D eigenvalue weighted by Crippen LogP contribution is 2.37. The van der Waals surface area contributed by atoms with Gasteiger partial charge in [-0.15, -0.1) is 0 Å². The van der Waals surface area contributed by atoms with Gasteiger partial charge in [-0.05, 0) is 13.0 Å². The molecule has 0 radical (unpaired) electrons. The van der Waals surface area contributed by atoms with Crippen molar-refractivity contribution in [2.75, 3.05) is 0 Å². The number of benzene rings is 1. The number of nitrogens with zero attached hydrogens (tertiary/aromatic N) is 1. The van der Waals surface area contributed by atoms with E-state index in [1.807, 2.05) is 44.3 Å². The SMILES string of the molecule is Cc1cc2c(n1C)-c1ccccc1C2=O. The third-order valence-electron chi connectivity index (χ3n) is 3.14. The minimum Gasteiger partial charge on any atom is -0.347 e. The highest BCUT2D eigenvalue weighted by Gasteiger charge is 2.29. The molecule has 74 valence electrons. The van der Waals surface area contributed by atoms with E-state index in [9.17, 15) is 4.79 Å². The lowest BCUT2D eigenvalue weighted by Crippen LogP contribution is -1.94. The summed E-state index contributed by atoms with van der Waals surface area (Å²) in [6.45, 7) is 2.02. The number of aryl methyl sites for hydroxylation is 1. The molecule has 1 aromatic carbocycles. The summed E-state index contributed by atoms with van der Waals surface area (Å²) in [6.07, 6.45) is 0. The number of rotatable bonds is 0. The monoisotopic (exact) mass is 197 g/mol. The third-order valence-corrected chi connectivity index (χ3v) is 3.14. The molecule has 1 aliphatic carbocycles. The first-order valence-electron chi connectivity index (χ1n) is 5.00. The average Bonchev–Trinajstić information content (AvgIpc) is 2.68. The fourth-order valence-corrected chi connectivity index (χ4v) is 2.26. The Morgan fingerprint density at radius 3 is 2.47 bits per heavy atom. The largest absolute Gasteiger partial charge is 0.347 e. The maximum Gasteiger partial charge on any atom is 0.195 e. The standard InChI is InChI=1S/C13H11NO/c1-8-7-11-12(14(8)2)9-5-3-4-6-10(9)13(11)15/h3-7H,1-2H3. The quantitative estimate of drug-likeness (QED) is 0.543. The minimum atomic E-state index is 0.157. The fourth-order valence-electron chi connectivity index (χ4n) is 2.26. The van der Waals surface area contributed by atoms with E-state index in [1.165, 1.54) is 0 Å². The number of fused-ring (bicyclic) bond motifs is 3. The maximum atomic E-state index is 12.0. The number of carbonyl (C=O) groups excluding carboxylic acids is 1. The van der Waals surface area contributed by atoms with Crippen molar-refractivity contribution in [2.24, 2.45) is 7.05 Å². The molecule has 2 aromatic rings. The van der Waals surface area contributed by atoms with E-state index in [4.69, 9.17) is 0 Å². The van der Waals surface area contributed by atoms with Gasteiger partial charge < -0.3 is 4.57 Å². The Bertz CT molecular complexity index is 578. The van der Waals surface area contributed by atoms with Crippen LogP contribution in [-0.2, 0) is 7.05 Å². The smallest absolute Gasteiger partial charge is 0.195 e. The lowest BCUT2D eigenvalue weighted by atomic mass is 10.1. The van der Waals surface area contributed by atoms with E-state index >= 15 is 0 Å². The Morgan fingerprint density at radius 2 is 1.73 bits per heavy atom. The first-order valence-corrected chi connectivity index (χ1v) is 5.00. The van der Waals surface area contributed by atoms with Crippen LogP contribution in [0.2, 0.25) is 0 Å². The van der Waals surface area contributed by atoms with Gasteiger partial charge in [-0.25, -0.2) is 0 Å². The van der Waals surface area contributed by atoms with E-state index in [0.717, 1.165) is 28.1 Å². The van der Waals surface area contributed by atoms with Gasteiger partial charge in [0.15, 0.2) is 5.78 Å². The van der Waals surface area contributed by atoms with Crippen LogP contribution < -0.4 is 0 Å². The van der Waals surface area contributed by atoms with Crippen LogP contribution in [-0.4, -0.2) is 10.4 Å². The van der Waals surface area contributed by atoms with Gasteiger partial charge in [-0.2, -0.15) is 0 Å². The van der Waals surface area contributed by atoms with Gasteiger partial charge in [0.25, 0.3) is 0 Å². The molecule has 0 unspecified atom stereocenters.